The Morgan fingerprint density at radius 2 is 1.96 bits per heavy atom. The Morgan fingerprint density at radius 3 is 2.65 bits per heavy atom. The maximum atomic E-state index is 12.3. The highest BCUT2D eigenvalue weighted by molar-refractivity contribution is 5.83. The number of carbonyl (C=O) groups excluding carboxylic acids is 1. The number of oxime groups is 1. The van der Waals surface area contributed by atoms with Crippen LogP contribution in [0.1, 0.15) is 52.9 Å². The first-order chi connectivity index (χ1) is 11.0. The number of hydrogen-bond acceptors (Lipinski definition) is 4. The van der Waals surface area contributed by atoms with Gasteiger partial charge in [-0.25, -0.2) is 0 Å². The van der Waals surface area contributed by atoms with Gasteiger partial charge in [0.15, 0.2) is 0 Å². The van der Waals surface area contributed by atoms with Gasteiger partial charge in [-0.15, -0.1) is 0 Å². The fourth-order valence-corrected chi connectivity index (χ4v) is 3.34. The van der Waals surface area contributed by atoms with E-state index in [1.807, 2.05) is 0 Å². The van der Waals surface area contributed by atoms with E-state index in [0.29, 0.717) is 30.9 Å². The van der Waals surface area contributed by atoms with Crippen LogP contribution in [0.5, 0.6) is 0 Å². The van der Waals surface area contributed by atoms with Gasteiger partial charge in [0.05, 0.1) is 0 Å². The molecule has 0 bridgehead atoms. The van der Waals surface area contributed by atoms with E-state index in [1.54, 1.807) is 6.92 Å². The van der Waals surface area contributed by atoms with Crippen molar-refractivity contribution in [2.75, 3.05) is 13.2 Å². The largest absolute Gasteiger partial charge is 0.384 e. The molecule has 1 heterocycles. The van der Waals surface area contributed by atoms with Crippen LogP contribution in [0, 0.1) is 17.8 Å². The zero-order valence-electron chi connectivity index (χ0n) is 14.6. The van der Waals surface area contributed by atoms with Crippen molar-refractivity contribution in [3.05, 3.63) is 0 Å². The van der Waals surface area contributed by atoms with Crippen LogP contribution in [0.3, 0.4) is 0 Å². The van der Waals surface area contributed by atoms with E-state index < -0.39 is 6.10 Å². The van der Waals surface area contributed by atoms with Gasteiger partial charge in [-0.05, 0) is 38.0 Å². The lowest BCUT2D eigenvalue weighted by Gasteiger charge is -2.35. The summed E-state index contributed by atoms with van der Waals surface area (Å²) < 4.78 is 5.30. The second-order valence-corrected chi connectivity index (χ2v) is 7.03. The summed E-state index contributed by atoms with van der Waals surface area (Å²) in [4.78, 5) is 17.6. The SMILES string of the molecule is CC(ON=C(N)C1CCOCC1)C(=O)NC1CCCC(C)C1C. The van der Waals surface area contributed by atoms with Gasteiger partial charge >= 0.3 is 0 Å². The van der Waals surface area contributed by atoms with Crippen molar-refractivity contribution >= 4 is 11.7 Å². The number of amidine groups is 1. The predicted octanol–water partition coefficient (Wildman–Crippen LogP) is 2.03. The van der Waals surface area contributed by atoms with E-state index in [9.17, 15) is 4.79 Å². The molecule has 23 heavy (non-hydrogen) atoms. The second-order valence-electron chi connectivity index (χ2n) is 7.03. The minimum absolute atomic E-state index is 0.112. The first kappa shape index (κ1) is 18.0. The maximum absolute atomic E-state index is 12.3. The average molecular weight is 325 g/mol. The maximum Gasteiger partial charge on any atom is 0.263 e. The Hall–Kier alpha value is -1.30. The van der Waals surface area contributed by atoms with Crippen molar-refractivity contribution in [1.29, 1.82) is 0 Å². The van der Waals surface area contributed by atoms with Gasteiger partial charge < -0.3 is 20.6 Å². The molecule has 0 aromatic heterocycles. The summed E-state index contributed by atoms with van der Waals surface area (Å²) in [5.74, 6) is 1.69. The summed E-state index contributed by atoms with van der Waals surface area (Å²) in [5, 5.41) is 7.08. The van der Waals surface area contributed by atoms with Crippen LogP contribution >= 0.6 is 0 Å². The molecule has 2 aliphatic rings. The minimum Gasteiger partial charge on any atom is -0.384 e. The van der Waals surface area contributed by atoms with Gasteiger partial charge in [-0.3, -0.25) is 4.79 Å². The molecule has 4 unspecified atom stereocenters. The normalized spacial score (nSPS) is 31.4. The zero-order valence-corrected chi connectivity index (χ0v) is 14.6. The highest BCUT2D eigenvalue weighted by atomic mass is 16.6. The molecule has 3 N–H and O–H groups in total. The van der Waals surface area contributed by atoms with Crippen LogP contribution in [0.2, 0.25) is 0 Å². The fraction of sp³-hybridized carbons (Fsp3) is 0.882. The number of nitrogens with two attached hydrogens (primary N) is 1. The van der Waals surface area contributed by atoms with Crippen molar-refractivity contribution in [3.8, 4) is 0 Å². The zero-order chi connectivity index (χ0) is 16.8. The Balaban J connectivity index is 1.80. The number of amides is 1. The van der Waals surface area contributed by atoms with E-state index in [2.05, 4.69) is 24.3 Å². The third kappa shape index (κ3) is 5.09. The van der Waals surface area contributed by atoms with Crippen LogP contribution in [0.25, 0.3) is 0 Å². The van der Waals surface area contributed by atoms with Crippen molar-refractivity contribution in [1.82, 2.24) is 5.32 Å². The molecule has 0 aromatic carbocycles. The van der Waals surface area contributed by atoms with Gasteiger partial charge in [0.1, 0.15) is 5.84 Å². The number of ether oxygens (including phenoxy) is 1. The standard InChI is InChI=1S/C17H31N3O3/c1-11-5-4-6-15(12(11)2)19-17(21)13(3)23-20-16(18)14-7-9-22-10-8-14/h11-15H,4-10H2,1-3H3,(H2,18,20)(H,19,21). The summed E-state index contributed by atoms with van der Waals surface area (Å²) >= 11 is 0. The third-order valence-electron chi connectivity index (χ3n) is 5.36. The average Bonchev–Trinajstić information content (AvgIpc) is 2.57. The highest BCUT2D eigenvalue weighted by Crippen LogP contribution is 2.29. The van der Waals surface area contributed by atoms with E-state index in [1.165, 1.54) is 12.8 Å². The summed E-state index contributed by atoms with van der Waals surface area (Å²) in [5.41, 5.74) is 5.96. The molecule has 0 aromatic rings. The Bertz CT molecular complexity index is 421. The molecule has 1 amide bonds. The van der Waals surface area contributed by atoms with E-state index >= 15 is 0 Å². The Kier molecular flexibility index (Phi) is 6.69. The highest BCUT2D eigenvalue weighted by Gasteiger charge is 2.29. The predicted molar refractivity (Wildman–Crippen MR) is 89.8 cm³/mol. The van der Waals surface area contributed by atoms with Gasteiger partial charge in [0.25, 0.3) is 5.91 Å². The lowest BCUT2D eigenvalue weighted by Crippen LogP contribution is -2.47. The van der Waals surface area contributed by atoms with Crippen LogP contribution in [0.4, 0.5) is 0 Å². The molecule has 1 aliphatic heterocycles. The molecule has 2 fully saturated rings. The molecule has 1 saturated carbocycles. The number of nitrogens with one attached hydrogen (secondary N) is 1. The number of nitrogens with zero attached hydrogens (tertiary/aromatic N) is 1. The van der Waals surface area contributed by atoms with Crippen molar-refractivity contribution in [2.24, 2.45) is 28.6 Å². The number of hydrogen-bond donors (Lipinski definition) is 2. The molecule has 0 spiro atoms. The topological polar surface area (TPSA) is 85.9 Å². The van der Waals surface area contributed by atoms with Crippen molar-refractivity contribution < 1.29 is 14.4 Å². The van der Waals surface area contributed by atoms with Gasteiger partial charge in [0, 0.05) is 25.2 Å². The minimum atomic E-state index is -0.627. The Morgan fingerprint density at radius 1 is 1.26 bits per heavy atom. The molecular formula is C17H31N3O3. The molecule has 2 rings (SSSR count). The molecule has 6 heteroatoms. The quantitative estimate of drug-likeness (QED) is 0.460. The van der Waals surface area contributed by atoms with Crippen LogP contribution in [-0.2, 0) is 14.4 Å². The van der Waals surface area contributed by atoms with E-state index in [0.717, 1.165) is 19.3 Å². The van der Waals surface area contributed by atoms with Crippen LogP contribution in [-0.4, -0.2) is 37.1 Å². The summed E-state index contributed by atoms with van der Waals surface area (Å²) in [6.07, 6.45) is 4.54. The smallest absolute Gasteiger partial charge is 0.263 e. The first-order valence-electron chi connectivity index (χ1n) is 8.86. The molecule has 4 atom stereocenters. The lowest BCUT2D eigenvalue weighted by atomic mass is 9.78. The van der Waals surface area contributed by atoms with Crippen molar-refractivity contribution in [2.45, 2.75) is 65.0 Å². The Labute approximate surface area is 139 Å². The van der Waals surface area contributed by atoms with Crippen LogP contribution < -0.4 is 11.1 Å². The molecule has 1 aliphatic carbocycles. The summed E-state index contributed by atoms with van der Waals surface area (Å²) in [7, 11) is 0. The van der Waals surface area contributed by atoms with Crippen molar-refractivity contribution in [3.63, 3.8) is 0 Å². The van der Waals surface area contributed by atoms with Gasteiger partial charge in [-0.2, -0.15) is 0 Å². The summed E-state index contributed by atoms with van der Waals surface area (Å²) in [6.45, 7) is 7.58. The first-order valence-corrected chi connectivity index (χ1v) is 8.86. The summed E-state index contributed by atoms with van der Waals surface area (Å²) in [6, 6.07) is 0.231. The molecule has 1 saturated heterocycles. The molecular weight excluding hydrogens is 294 g/mol. The van der Waals surface area contributed by atoms with Gasteiger partial charge in [-0.1, -0.05) is 31.8 Å². The molecule has 0 radical (unpaired) electrons. The number of carbonyl (C=O) groups is 1. The molecule has 132 valence electrons. The molecule has 6 nitrogen and oxygen atoms in total. The third-order valence-corrected chi connectivity index (χ3v) is 5.36. The van der Waals surface area contributed by atoms with Gasteiger partial charge in [0.2, 0.25) is 6.10 Å². The lowest BCUT2D eigenvalue weighted by molar-refractivity contribution is -0.133. The van der Waals surface area contributed by atoms with Crippen LogP contribution in [0.15, 0.2) is 5.16 Å². The second kappa shape index (κ2) is 8.52. The monoisotopic (exact) mass is 325 g/mol. The van der Waals surface area contributed by atoms with E-state index in [4.69, 9.17) is 15.3 Å². The fourth-order valence-electron chi connectivity index (χ4n) is 3.34. The van der Waals surface area contributed by atoms with E-state index in [-0.39, 0.29) is 17.9 Å². The number of rotatable bonds is 5.